The van der Waals surface area contributed by atoms with Crippen LogP contribution in [0.25, 0.3) is 0 Å². The van der Waals surface area contributed by atoms with Crippen LogP contribution in [-0.2, 0) is 26.8 Å². The van der Waals surface area contributed by atoms with Crippen LogP contribution in [0.2, 0.25) is 5.02 Å². The van der Waals surface area contributed by atoms with Gasteiger partial charge in [-0.25, -0.2) is 8.42 Å². The number of hydrogen-bond acceptors (Lipinski definition) is 6. The molecule has 0 saturated heterocycles. The smallest absolute Gasteiger partial charge is 0.335 e. The molecule has 0 bridgehead atoms. The van der Waals surface area contributed by atoms with E-state index >= 15 is 0 Å². The summed E-state index contributed by atoms with van der Waals surface area (Å²) in [6, 6.07) is 6.49. The highest BCUT2D eigenvalue weighted by Gasteiger charge is 2.23. The van der Waals surface area contributed by atoms with Gasteiger partial charge in [0.15, 0.2) is 0 Å². The van der Waals surface area contributed by atoms with Crippen LogP contribution in [0, 0.1) is 5.92 Å². The predicted molar refractivity (Wildman–Crippen MR) is 92.8 cm³/mol. The Morgan fingerprint density at radius 3 is 2.56 bits per heavy atom. The molecule has 9 heteroatoms. The first-order chi connectivity index (χ1) is 11.8. The first-order valence-electron chi connectivity index (χ1n) is 7.82. The fraction of sp³-hybridized carbons (Fsp3) is 0.438. The van der Waals surface area contributed by atoms with Crippen molar-refractivity contribution in [3.63, 3.8) is 0 Å². The highest BCUT2D eigenvalue weighted by molar-refractivity contribution is 7.90. The van der Waals surface area contributed by atoms with Crippen LogP contribution in [0.15, 0.2) is 33.9 Å². The maximum Gasteiger partial charge on any atom is 0.335 e. The second-order valence-corrected chi connectivity index (χ2v) is 8.35. The monoisotopic (exact) mass is 385 g/mol. The summed E-state index contributed by atoms with van der Waals surface area (Å²) in [5.41, 5.74) is 0.574. The molecule has 0 radical (unpaired) electrons. The molecule has 0 unspecified atom stereocenters. The fourth-order valence-corrected chi connectivity index (χ4v) is 3.35. The second kappa shape index (κ2) is 8.44. The molecule has 1 heterocycles. The molecule has 25 heavy (non-hydrogen) atoms. The number of hydrogen-bond donors (Lipinski definition) is 1. The number of nitrogens with one attached hydrogen (secondary N) is 1. The van der Waals surface area contributed by atoms with Crippen molar-refractivity contribution in [1.29, 1.82) is 0 Å². The average Bonchev–Trinajstić information content (AvgIpc) is 2.98. The standard InChI is InChI=1S/C16H20ClN3O4S/c1-11(2)9-14(21)18-8-7-15-19-20-16(24-15)25(22,23)10-12-3-5-13(17)6-4-12/h3-6,11H,7-10H2,1-2H3,(H,18,21). The molecule has 2 rings (SSSR count). The largest absolute Gasteiger partial charge is 0.412 e. The van der Waals surface area contributed by atoms with Gasteiger partial charge in [0.05, 0.1) is 5.75 Å². The molecule has 0 fully saturated rings. The van der Waals surface area contributed by atoms with Gasteiger partial charge < -0.3 is 9.73 Å². The van der Waals surface area contributed by atoms with E-state index in [-0.39, 0.29) is 29.9 Å². The Morgan fingerprint density at radius 1 is 1.24 bits per heavy atom. The number of amides is 1. The number of nitrogens with zero attached hydrogens (tertiary/aromatic N) is 2. The van der Waals surface area contributed by atoms with E-state index in [1.807, 2.05) is 13.8 Å². The summed E-state index contributed by atoms with van der Waals surface area (Å²) in [5, 5.41) is 10.2. The number of aromatic nitrogens is 2. The number of carbonyl (C=O) groups is 1. The van der Waals surface area contributed by atoms with Crippen LogP contribution in [0.3, 0.4) is 0 Å². The van der Waals surface area contributed by atoms with Crippen molar-refractivity contribution >= 4 is 27.3 Å². The van der Waals surface area contributed by atoms with Gasteiger partial charge in [-0.15, -0.1) is 5.10 Å². The molecule has 1 aromatic heterocycles. The molecule has 136 valence electrons. The van der Waals surface area contributed by atoms with Crippen LogP contribution < -0.4 is 5.32 Å². The zero-order chi connectivity index (χ0) is 18.4. The van der Waals surface area contributed by atoms with Gasteiger partial charge in [0.2, 0.25) is 21.6 Å². The fourth-order valence-electron chi connectivity index (χ4n) is 2.08. The van der Waals surface area contributed by atoms with E-state index < -0.39 is 15.1 Å². The topological polar surface area (TPSA) is 102 Å². The van der Waals surface area contributed by atoms with E-state index in [4.69, 9.17) is 16.0 Å². The normalized spacial score (nSPS) is 11.7. The van der Waals surface area contributed by atoms with Gasteiger partial charge in [-0.3, -0.25) is 4.79 Å². The summed E-state index contributed by atoms with van der Waals surface area (Å²) in [5.74, 6) is 0.120. The third-order valence-corrected chi connectivity index (χ3v) is 4.90. The molecule has 2 aromatic rings. The quantitative estimate of drug-likeness (QED) is 0.748. The van der Waals surface area contributed by atoms with Gasteiger partial charge in [-0.05, 0) is 23.6 Å². The van der Waals surface area contributed by atoms with Crippen molar-refractivity contribution in [1.82, 2.24) is 15.5 Å². The van der Waals surface area contributed by atoms with Crippen LogP contribution in [0.4, 0.5) is 0 Å². The Morgan fingerprint density at radius 2 is 1.92 bits per heavy atom. The van der Waals surface area contributed by atoms with Crippen molar-refractivity contribution in [3.05, 3.63) is 40.7 Å². The Hall–Kier alpha value is -1.93. The summed E-state index contributed by atoms with van der Waals surface area (Å²) in [7, 11) is -3.73. The first kappa shape index (κ1) is 19.4. The minimum absolute atomic E-state index is 0.0647. The Balaban J connectivity index is 1.93. The molecule has 0 aliphatic carbocycles. The Bertz CT molecular complexity index is 816. The van der Waals surface area contributed by atoms with Crippen LogP contribution in [0.5, 0.6) is 0 Å². The molecule has 0 atom stereocenters. The first-order valence-corrected chi connectivity index (χ1v) is 9.85. The molecular weight excluding hydrogens is 366 g/mol. The van der Waals surface area contributed by atoms with Crippen molar-refractivity contribution < 1.29 is 17.6 Å². The molecule has 0 aliphatic rings. The van der Waals surface area contributed by atoms with Gasteiger partial charge in [-0.2, -0.15) is 0 Å². The summed E-state index contributed by atoms with van der Waals surface area (Å²) in [6.45, 7) is 4.22. The van der Waals surface area contributed by atoms with Crippen molar-refractivity contribution in [2.75, 3.05) is 6.54 Å². The van der Waals surface area contributed by atoms with Crippen molar-refractivity contribution in [2.45, 2.75) is 37.7 Å². The summed E-state index contributed by atoms with van der Waals surface area (Å²) in [4.78, 5) is 11.6. The number of sulfone groups is 1. The average molecular weight is 386 g/mol. The maximum absolute atomic E-state index is 12.3. The minimum Gasteiger partial charge on any atom is -0.412 e. The Kier molecular flexibility index (Phi) is 6.55. The van der Waals surface area contributed by atoms with Gasteiger partial charge in [0.1, 0.15) is 0 Å². The number of benzene rings is 1. The van der Waals surface area contributed by atoms with Crippen LogP contribution in [-0.4, -0.2) is 31.1 Å². The van der Waals surface area contributed by atoms with Gasteiger partial charge in [0.25, 0.3) is 0 Å². The number of halogens is 1. The zero-order valence-electron chi connectivity index (χ0n) is 14.0. The van der Waals surface area contributed by atoms with Crippen LogP contribution in [0.1, 0.15) is 31.7 Å². The van der Waals surface area contributed by atoms with E-state index in [0.717, 1.165) is 0 Å². The molecule has 1 aromatic carbocycles. The molecule has 7 nitrogen and oxygen atoms in total. The van der Waals surface area contributed by atoms with Crippen LogP contribution >= 0.6 is 11.6 Å². The maximum atomic E-state index is 12.3. The van der Waals surface area contributed by atoms with Gasteiger partial charge in [0, 0.05) is 24.4 Å². The SMILES string of the molecule is CC(C)CC(=O)NCCc1nnc(S(=O)(=O)Cc2ccc(Cl)cc2)o1. The number of carbonyl (C=O) groups excluding carboxylic acids is 1. The highest BCUT2D eigenvalue weighted by Crippen LogP contribution is 2.17. The minimum atomic E-state index is -3.73. The van der Waals surface area contributed by atoms with E-state index in [1.165, 1.54) is 0 Å². The van der Waals surface area contributed by atoms with E-state index in [2.05, 4.69) is 15.5 Å². The third-order valence-electron chi connectivity index (χ3n) is 3.24. The highest BCUT2D eigenvalue weighted by atomic mass is 35.5. The van der Waals surface area contributed by atoms with E-state index in [0.29, 0.717) is 23.6 Å². The number of rotatable bonds is 8. The second-order valence-electron chi connectivity index (χ2n) is 6.05. The molecule has 0 aliphatic heterocycles. The lowest BCUT2D eigenvalue weighted by molar-refractivity contribution is -0.121. The molecule has 1 amide bonds. The molecule has 1 N–H and O–H groups in total. The van der Waals surface area contributed by atoms with Gasteiger partial charge >= 0.3 is 5.22 Å². The van der Waals surface area contributed by atoms with E-state index in [9.17, 15) is 13.2 Å². The Labute approximate surface area is 151 Å². The predicted octanol–water partition coefficient (Wildman–Crippen LogP) is 2.40. The zero-order valence-corrected chi connectivity index (χ0v) is 15.6. The third kappa shape index (κ3) is 6.13. The van der Waals surface area contributed by atoms with E-state index in [1.54, 1.807) is 24.3 Å². The van der Waals surface area contributed by atoms with Crippen molar-refractivity contribution in [3.8, 4) is 0 Å². The summed E-state index contributed by atoms with van der Waals surface area (Å²) < 4.78 is 29.8. The summed E-state index contributed by atoms with van der Waals surface area (Å²) in [6.07, 6.45) is 0.706. The lowest BCUT2D eigenvalue weighted by Crippen LogP contribution is -2.26. The molecule has 0 saturated carbocycles. The van der Waals surface area contributed by atoms with Crippen molar-refractivity contribution in [2.24, 2.45) is 5.92 Å². The summed E-state index contributed by atoms with van der Waals surface area (Å²) >= 11 is 5.78. The lowest BCUT2D eigenvalue weighted by Gasteiger charge is -2.05. The lowest BCUT2D eigenvalue weighted by atomic mass is 10.1. The molecule has 0 spiro atoms. The van der Waals surface area contributed by atoms with Gasteiger partial charge in [-0.1, -0.05) is 42.7 Å². The molecular formula is C16H20ClN3O4S.